The van der Waals surface area contributed by atoms with Gasteiger partial charge in [0.15, 0.2) is 11.7 Å². The molecule has 0 N–H and O–H groups in total. The number of hydrogen-bond acceptors (Lipinski definition) is 4. The summed E-state index contributed by atoms with van der Waals surface area (Å²) in [6.07, 6.45) is 0. The van der Waals surface area contributed by atoms with Crippen LogP contribution in [0.3, 0.4) is 0 Å². The molecule has 1 rings (SSSR count). The van der Waals surface area contributed by atoms with Gasteiger partial charge in [0.25, 0.3) is 0 Å². The standard InChI is InChI=1S/C13H13BrFNO3/c1-7(16-2)11(13(18)19-3)12(17)9-5-4-8(15)6-10(9)14/h4-6,11H,1-3H3/b16-7+. The molecule has 0 radical (unpaired) electrons. The van der Waals surface area contributed by atoms with E-state index in [-0.39, 0.29) is 10.0 Å². The molecule has 0 fully saturated rings. The van der Waals surface area contributed by atoms with Gasteiger partial charge >= 0.3 is 5.97 Å². The number of esters is 1. The molecule has 19 heavy (non-hydrogen) atoms. The fraction of sp³-hybridized carbons (Fsp3) is 0.308. The summed E-state index contributed by atoms with van der Waals surface area (Å²) in [5.74, 6) is -2.76. The van der Waals surface area contributed by atoms with Crippen molar-refractivity contribution in [2.75, 3.05) is 14.2 Å². The summed E-state index contributed by atoms with van der Waals surface area (Å²) in [5.41, 5.74) is 0.549. The highest BCUT2D eigenvalue weighted by atomic mass is 79.9. The van der Waals surface area contributed by atoms with Crippen LogP contribution in [-0.2, 0) is 9.53 Å². The lowest BCUT2D eigenvalue weighted by Crippen LogP contribution is -2.31. The monoisotopic (exact) mass is 329 g/mol. The molecule has 0 aliphatic rings. The minimum atomic E-state index is -1.11. The first-order valence-corrected chi connectivity index (χ1v) is 6.22. The lowest BCUT2D eigenvalue weighted by molar-refractivity contribution is -0.141. The summed E-state index contributed by atoms with van der Waals surface area (Å²) < 4.78 is 17.9. The third-order valence-corrected chi connectivity index (χ3v) is 3.32. The molecule has 0 saturated carbocycles. The van der Waals surface area contributed by atoms with Crippen molar-refractivity contribution in [1.82, 2.24) is 0 Å². The van der Waals surface area contributed by atoms with Gasteiger partial charge in [-0.25, -0.2) is 4.39 Å². The van der Waals surface area contributed by atoms with E-state index >= 15 is 0 Å². The predicted octanol–water partition coefficient (Wildman–Crippen LogP) is 2.65. The van der Waals surface area contributed by atoms with E-state index < -0.39 is 23.5 Å². The second-order valence-electron chi connectivity index (χ2n) is 3.81. The predicted molar refractivity (Wildman–Crippen MR) is 73.0 cm³/mol. The Morgan fingerprint density at radius 1 is 1.42 bits per heavy atom. The fourth-order valence-corrected chi connectivity index (χ4v) is 2.11. The number of benzene rings is 1. The molecule has 0 amide bonds. The molecular weight excluding hydrogens is 317 g/mol. The summed E-state index contributed by atoms with van der Waals surface area (Å²) in [6, 6.07) is 3.64. The van der Waals surface area contributed by atoms with Crippen LogP contribution in [0.2, 0.25) is 0 Å². The van der Waals surface area contributed by atoms with Crippen LogP contribution in [0.5, 0.6) is 0 Å². The Hall–Kier alpha value is -1.56. The molecule has 1 aromatic rings. The highest BCUT2D eigenvalue weighted by Crippen LogP contribution is 2.22. The Morgan fingerprint density at radius 3 is 2.53 bits per heavy atom. The molecule has 1 aromatic carbocycles. The first kappa shape index (κ1) is 15.5. The van der Waals surface area contributed by atoms with E-state index in [9.17, 15) is 14.0 Å². The Morgan fingerprint density at radius 2 is 2.05 bits per heavy atom. The number of ketones is 1. The van der Waals surface area contributed by atoms with E-state index in [4.69, 9.17) is 0 Å². The number of hydrogen-bond donors (Lipinski definition) is 0. The maximum Gasteiger partial charge on any atom is 0.322 e. The summed E-state index contributed by atoms with van der Waals surface area (Å²) in [6.45, 7) is 1.57. The fourth-order valence-electron chi connectivity index (χ4n) is 1.56. The molecule has 6 heteroatoms. The number of halogens is 2. The Labute approximate surface area is 118 Å². The van der Waals surface area contributed by atoms with Crippen LogP contribution in [0.1, 0.15) is 17.3 Å². The minimum Gasteiger partial charge on any atom is -0.468 e. The van der Waals surface area contributed by atoms with Crippen LogP contribution in [0.25, 0.3) is 0 Å². The van der Waals surface area contributed by atoms with E-state index in [1.165, 1.54) is 26.3 Å². The van der Waals surface area contributed by atoms with Gasteiger partial charge in [0.2, 0.25) is 0 Å². The zero-order valence-electron chi connectivity index (χ0n) is 10.7. The van der Waals surface area contributed by atoms with Crippen LogP contribution in [0.15, 0.2) is 27.7 Å². The normalized spacial score (nSPS) is 13.0. The van der Waals surface area contributed by atoms with E-state index in [0.717, 1.165) is 6.07 Å². The molecule has 0 spiro atoms. The smallest absolute Gasteiger partial charge is 0.322 e. The molecule has 1 atom stereocenters. The van der Waals surface area contributed by atoms with E-state index in [0.29, 0.717) is 5.71 Å². The Bertz CT molecular complexity index is 543. The number of carbonyl (C=O) groups excluding carboxylic acids is 2. The minimum absolute atomic E-state index is 0.208. The number of rotatable bonds is 4. The topological polar surface area (TPSA) is 55.7 Å². The van der Waals surface area contributed by atoms with Gasteiger partial charge in [-0.1, -0.05) is 0 Å². The second kappa shape index (κ2) is 6.56. The molecule has 4 nitrogen and oxygen atoms in total. The van der Waals surface area contributed by atoms with E-state index in [1.807, 2.05) is 0 Å². The average Bonchev–Trinajstić information content (AvgIpc) is 2.38. The van der Waals surface area contributed by atoms with Crippen molar-refractivity contribution in [1.29, 1.82) is 0 Å². The quantitative estimate of drug-likeness (QED) is 0.369. The molecule has 0 aliphatic heterocycles. The first-order chi connectivity index (χ1) is 8.92. The van der Waals surface area contributed by atoms with E-state index in [1.54, 1.807) is 6.92 Å². The Kier molecular flexibility index (Phi) is 5.35. The SMILES string of the molecule is C/N=C(\C)C(C(=O)OC)C(=O)c1ccc(F)cc1Br. The van der Waals surface area contributed by atoms with Crippen molar-refractivity contribution in [3.63, 3.8) is 0 Å². The summed E-state index contributed by atoms with van der Waals surface area (Å²) in [5, 5.41) is 0. The van der Waals surface area contributed by atoms with Gasteiger partial charge in [-0.2, -0.15) is 0 Å². The third kappa shape index (κ3) is 3.47. The molecule has 0 bridgehead atoms. The molecular formula is C13H13BrFNO3. The maximum absolute atomic E-state index is 13.0. The second-order valence-corrected chi connectivity index (χ2v) is 4.66. The largest absolute Gasteiger partial charge is 0.468 e. The van der Waals surface area contributed by atoms with Crippen LogP contribution in [0.4, 0.5) is 4.39 Å². The number of ether oxygens (including phenoxy) is 1. The average molecular weight is 330 g/mol. The van der Waals surface area contributed by atoms with Crippen LogP contribution in [-0.4, -0.2) is 31.6 Å². The van der Waals surface area contributed by atoms with Gasteiger partial charge in [-0.05, 0) is 41.1 Å². The lowest BCUT2D eigenvalue weighted by atomic mass is 9.93. The van der Waals surface area contributed by atoms with Crippen molar-refractivity contribution < 1.29 is 18.7 Å². The van der Waals surface area contributed by atoms with Gasteiger partial charge in [0.1, 0.15) is 5.82 Å². The van der Waals surface area contributed by atoms with Crippen molar-refractivity contribution >= 4 is 33.4 Å². The molecule has 0 aromatic heterocycles. The van der Waals surface area contributed by atoms with Gasteiger partial charge in [0, 0.05) is 22.8 Å². The summed E-state index contributed by atoms with van der Waals surface area (Å²) in [7, 11) is 2.68. The Balaban J connectivity index is 3.23. The van der Waals surface area contributed by atoms with Crippen LogP contribution in [0, 0.1) is 11.7 Å². The zero-order valence-corrected chi connectivity index (χ0v) is 12.3. The number of aliphatic imine (C=N–C) groups is 1. The zero-order chi connectivity index (χ0) is 14.6. The van der Waals surface area contributed by atoms with Crippen LogP contribution >= 0.6 is 15.9 Å². The molecule has 0 saturated heterocycles. The van der Waals surface area contributed by atoms with Crippen molar-refractivity contribution in [2.24, 2.45) is 10.9 Å². The van der Waals surface area contributed by atoms with Gasteiger partial charge in [0.05, 0.1) is 7.11 Å². The number of Topliss-reactive ketones (excluding diaryl/α,β-unsaturated/α-hetero) is 1. The van der Waals surface area contributed by atoms with Crippen molar-refractivity contribution in [3.8, 4) is 0 Å². The van der Waals surface area contributed by atoms with Gasteiger partial charge in [-0.3, -0.25) is 14.6 Å². The third-order valence-electron chi connectivity index (χ3n) is 2.67. The highest BCUT2D eigenvalue weighted by molar-refractivity contribution is 9.10. The van der Waals surface area contributed by atoms with Crippen LogP contribution < -0.4 is 0 Å². The maximum atomic E-state index is 13.0. The van der Waals surface area contributed by atoms with E-state index in [2.05, 4.69) is 25.7 Å². The summed E-state index contributed by atoms with van der Waals surface area (Å²) in [4.78, 5) is 27.9. The van der Waals surface area contributed by atoms with Gasteiger partial charge < -0.3 is 4.74 Å². The first-order valence-electron chi connectivity index (χ1n) is 5.42. The highest BCUT2D eigenvalue weighted by Gasteiger charge is 2.32. The molecule has 1 unspecified atom stereocenters. The number of nitrogens with zero attached hydrogens (tertiary/aromatic N) is 1. The summed E-state index contributed by atoms with van der Waals surface area (Å²) >= 11 is 3.11. The van der Waals surface area contributed by atoms with Gasteiger partial charge in [-0.15, -0.1) is 0 Å². The number of methoxy groups -OCH3 is 1. The molecule has 0 heterocycles. The molecule has 0 aliphatic carbocycles. The van der Waals surface area contributed by atoms with Crippen molar-refractivity contribution in [2.45, 2.75) is 6.92 Å². The van der Waals surface area contributed by atoms with Crippen molar-refractivity contribution in [3.05, 3.63) is 34.1 Å². The lowest BCUT2D eigenvalue weighted by Gasteiger charge is -2.14. The number of carbonyl (C=O) groups is 2. The molecule has 102 valence electrons.